The average Bonchev–Trinajstić information content (AvgIpc) is 2.03. The van der Waals surface area contributed by atoms with Crippen molar-refractivity contribution in [2.24, 2.45) is 5.92 Å². The quantitative estimate of drug-likeness (QED) is 0.401. The van der Waals surface area contributed by atoms with E-state index in [1.165, 1.54) is 24.8 Å². The van der Waals surface area contributed by atoms with Crippen LogP contribution in [0.25, 0.3) is 0 Å². The highest BCUT2D eigenvalue weighted by molar-refractivity contribution is 5.09. The molecule has 1 aliphatic rings. The lowest BCUT2D eigenvalue weighted by molar-refractivity contribution is -0.742. The van der Waals surface area contributed by atoms with Gasteiger partial charge in [-0.2, -0.15) is 0 Å². The molecule has 0 amide bonds. The van der Waals surface area contributed by atoms with Gasteiger partial charge in [0.1, 0.15) is 0 Å². The van der Waals surface area contributed by atoms with Crippen LogP contribution in [0.2, 0.25) is 0 Å². The van der Waals surface area contributed by atoms with Crippen molar-refractivity contribution in [2.45, 2.75) is 33.1 Å². The molecule has 0 fully saturated rings. The zero-order valence-electron chi connectivity index (χ0n) is 8.69. The van der Waals surface area contributed by atoms with Crippen LogP contribution in [0.1, 0.15) is 33.1 Å². The summed E-state index contributed by atoms with van der Waals surface area (Å²) >= 11 is 0. The second kappa shape index (κ2) is 6.18. The Morgan fingerprint density at radius 1 is 1.79 bits per heavy atom. The minimum Gasteiger partial charge on any atom is -0.328 e. The van der Waals surface area contributed by atoms with Gasteiger partial charge in [-0.3, -0.25) is 0 Å². The predicted octanol–water partition coefficient (Wildman–Crippen LogP) is 2.96. The molecule has 1 rings (SSSR count). The highest BCUT2D eigenvalue weighted by Crippen LogP contribution is 2.27. The Balaban J connectivity index is 0.000000364. The molecule has 80 valence electrons. The van der Waals surface area contributed by atoms with Crippen molar-refractivity contribution in [2.75, 3.05) is 0 Å². The number of rotatable bonds is 1. The highest BCUT2D eigenvalue weighted by Gasteiger charge is 2.11. The summed E-state index contributed by atoms with van der Waals surface area (Å²) in [5.41, 5.74) is 2.90. The van der Waals surface area contributed by atoms with Gasteiger partial charge in [-0.05, 0) is 39.0 Å². The third kappa shape index (κ3) is 6.22. The predicted molar refractivity (Wildman–Crippen MR) is 54.7 cm³/mol. The maximum absolute atomic E-state index is 8.36. The zero-order valence-corrected chi connectivity index (χ0v) is 8.69. The molecule has 0 aromatic rings. The molecule has 0 bridgehead atoms. The van der Waals surface area contributed by atoms with Crippen molar-refractivity contribution in [3.05, 3.63) is 33.9 Å². The molecule has 0 spiro atoms. The van der Waals surface area contributed by atoms with E-state index in [2.05, 4.69) is 26.5 Å². The first-order valence-corrected chi connectivity index (χ1v) is 4.57. The third-order valence-electron chi connectivity index (χ3n) is 2.33. The van der Waals surface area contributed by atoms with Gasteiger partial charge in [-0.25, -0.2) is 0 Å². The van der Waals surface area contributed by atoms with E-state index >= 15 is 0 Å². The molecule has 1 N–H and O–H groups in total. The zero-order chi connectivity index (χ0) is 11.1. The highest BCUT2D eigenvalue weighted by atomic mass is 16.9. The van der Waals surface area contributed by atoms with E-state index in [9.17, 15) is 0 Å². The Bertz CT molecular complexity index is 242. The van der Waals surface area contributed by atoms with Crippen molar-refractivity contribution >= 4 is 0 Å². The first kappa shape index (κ1) is 12.7. The molecular formula is C10H17NO3. The second-order valence-electron chi connectivity index (χ2n) is 3.61. The standard InChI is InChI=1S/C10H16.HNO3/c1-8(2)10-6-4-9(3)5-7-10;2-1(3)4/h4,10H,1,5-7H2,2-3H3;(H,2,3,4)/t10-;/m0./s1. The lowest BCUT2D eigenvalue weighted by atomic mass is 9.86. The van der Waals surface area contributed by atoms with Gasteiger partial charge in [0.15, 0.2) is 0 Å². The molecule has 0 aromatic heterocycles. The van der Waals surface area contributed by atoms with Gasteiger partial charge in [-0.1, -0.05) is 23.8 Å². The Labute approximate surface area is 84.0 Å². The smallest absolute Gasteiger partial charge is 0.291 e. The second-order valence-corrected chi connectivity index (χ2v) is 3.61. The van der Waals surface area contributed by atoms with Gasteiger partial charge in [0.2, 0.25) is 0 Å². The third-order valence-corrected chi connectivity index (χ3v) is 2.33. The lowest BCUT2D eigenvalue weighted by Gasteiger charge is -2.19. The SMILES string of the molecule is C=C(C)[C@H]1CC=C(C)CC1.O=[N+]([O-])O. The minimum atomic E-state index is -1.50. The Morgan fingerprint density at radius 2 is 2.29 bits per heavy atom. The molecule has 0 radical (unpaired) electrons. The molecule has 0 aliphatic heterocycles. The summed E-state index contributed by atoms with van der Waals surface area (Å²) in [6.07, 6.45) is 6.17. The Hall–Kier alpha value is -1.32. The van der Waals surface area contributed by atoms with Crippen LogP contribution in [0, 0.1) is 16.0 Å². The monoisotopic (exact) mass is 199 g/mol. The fourth-order valence-electron chi connectivity index (χ4n) is 1.41. The first-order valence-electron chi connectivity index (χ1n) is 4.57. The van der Waals surface area contributed by atoms with Gasteiger partial charge in [-0.15, -0.1) is 10.1 Å². The van der Waals surface area contributed by atoms with Gasteiger partial charge in [0.05, 0.1) is 0 Å². The summed E-state index contributed by atoms with van der Waals surface area (Å²) in [7, 11) is 0. The largest absolute Gasteiger partial charge is 0.328 e. The van der Waals surface area contributed by atoms with Crippen molar-refractivity contribution in [1.29, 1.82) is 0 Å². The van der Waals surface area contributed by atoms with E-state index in [-0.39, 0.29) is 0 Å². The van der Waals surface area contributed by atoms with Gasteiger partial charge in [0.25, 0.3) is 5.09 Å². The average molecular weight is 199 g/mol. The van der Waals surface area contributed by atoms with Gasteiger partial charge < -0.3 is 5.21 Å². The van der Waals surface area contributed by atoms with Crippen LogP contribution in [-0.4, -0.2) is 10.3 Å². The summed E-state index contributed by atoms with van der Waals surface area (Å²) in [5, 5.41) is 13.6. The molecule has 4 heteroatoms. The molecule has 14 heavy (non-hydrogen) atoms. The van der Waals surface area contributed by atoms with Crippen LogP contribution in [0.5, 0.6) is 0 Å². The molecule has 1 atom stereocenters. The summed E-state index contributed by atoms with van der Waals surface area (Å²) in [4.78, 5) is 8.36. The molecular weight excluding hydrogens is 182 g/mol. The van der Waals surface area contributed by atoms with E-state index in [4.69, 9.17) is 15.3 Å². The van der Waals surface area contributed by atoms with Crippen LogP contribution in [0.3, 0.4) is 0 Å². The molecule has 1 aliphatic carbocycles. The van der Waals surface area contributed by atoms with Crippen molar-refractivity contribution in [3.63, 3.8) is 0 Å². The van der Waals surface area contributed by atoms with Crippen LogP contribution in [0.15, 0.2) is 23.8 Å². The van der Waals surface area contributed by atoms with Crippen molar-refractivity contribution < 1.29 is 10.3 Å². The maximum Gasteiger partial charge on any atom is 0.291 e. The van der Waals surface area contributed by atoms with E-state index in [1.807, 2.05) is 0 Å². The van der Waals surface area contributed by atoms with Crippen LogP contribution in [0.4, 0.5) is 0 Å². The molecule has 0 aromatic carbocycles. The number of hydrogen-bond donors (Lipinski definition) is 1. The molecule has 0 unspecified atom stereocenters. The number of nitrogens with zero attached hydrogens (tertiary/aromatic N) is 1. The minimum absolute atomic E-state index is 0.767. The molecule has 0 saturated carbocycles. The van der Waals surface area contributed by atoms with E-state index in [0.29, 0.717) is 0 Å². The van der Waals surface area contributed by atoms with Gasteiger partial charge >= 0.3 is 0 Å². The molecule has 0 saturated heterocycles. The fourth-order valence-corrected chi connectivity index (χ4v) is 1.41. The normalized spacial score (nSPS) is 20.1. The Morgan fingerprint density at radius 3 is 2.57 bits per heavy atom. The topological polar surface area (TPSA) is 63.4 Å². The van der Waals surface area contributed by atoms with Crippen LogP contribution >= 0.6 is 0 Å². The van der Waals surface area contributed by atoms with Crippen molar-refractivity contribution in [1.82, 2.24) is 0 Å². The maximum atomic E-state index is 8.36. The van der Waals surface area contributed by atoms with Gasteiger partial charge in [0, 0.05) is 0 Å². The summed E-state index contributed by atoms with van der Waals surface area (Å²) in [5.74, 6) is 0.767. The number of hydrogen-bond acceptors (Lipinski definition) is 2. The summed E-state index contributed by atoms with van der Waals surface area (Å²) in [6.45, 7) is 8.33. The first-order chi connectivity index (χ1) is 6.43. The lowest BCUT2D eigenvalue weighted by Crippen LogP contribution is -2.04. The van der Waals surface area contributed by atoms with E-state index in [1.54, 1.807) is 5.57 Å². The molecule has 0 heterocycles. The number of allylic oxidation sites excluding steroid dienone is 3. The van der Waals surface area contributed by atoms with Crippen molar-refractivity contribution in [3.8, 4) is 0 Å². The fraction of sp³-hybridized carbons (Fsp3) is 0.600. The summed E-state index contributed by atoms with van der Waals surface area (Å²) < 4.78 is 0. The van der Waals surface area contributed by atoms with E-state index < -0.39 is 5.09 Å². The van der Waals surface area contributed by atoms with Crippen LogP contribution in [-0.2, 0) is 0 Å². The Kier molecular flexibility index (Phi) is 5.60. The van der Waals surface area contributed by atoms with E-state index in [0.717, 1.165) is 5.92 Å². The van der Waals surface area contributed by atoms with Crippen LogP contribution < -0.4 is 0 Å². The molecule has 4 nitrogen and oxygen atoms in total. The summed E-state index contributed by atoms with van der Waals surface area (Å²) in [6, 6.07) is 0.